The van der Waals surface area contributed by atoms with Crippen molar-refractivity contribution in [2.24, 2.45) is 0 Å². The molecule has 10 heteroatoms. The molecule has 0 N–H and O–H groups in total. The average Bonchev–Trinajstić information content (AvgIpc) is 2.22. The number of carbonyl (C=O) groups excluding carboxylic acids is 2. The van der Waals surface area contributed by atoms with Crippen molar-refractivity contribution < 1.29 is 28.9 Å². The van der Waals surface area contributed by atoms with Crippen LogP contribution in [-0.2, 0) is 19.1 Å². The number of hydrogen-bond donors (Lipinski definition) is 0. The van der Waals surface area contributed by atoms with E-state index in [1.165, 1.54) is 0 Å². The van der Waals surface area contributed by atoms with Gasteiger partial charge in [-0.2, -0.15) is 0 Å². The highest BCUT2D eigenvalue weighted by Gasteiger charge is 2.57. The van der Waals surface area contributed by atoms with Gasteiger partial charge < -0.3 is 9.47 Å². The number of carbonyl (C=O) groups is 2. The predicted molar refractivity (Wildman–Crippen MR) is 45.4 cm³/mol. The molecule has 90 valence electrons. The summed E-state index contributed by atoms with van der Waals surface area (Å²) < 4.78 is 8.18. The van der Waals surface area contributed by atoms with E-state index in [0.717, 1.165) is 0 Å². The maximum absolute atomic E-state index is 10.6. The Bertz CT molecular complexity index is 276. The highest BCUT2D eigenvalue weighted by atomic mass is 16.7. The monoisotopic (exact) mass is 236 g/mol. The molecule has 0 saturated carbocycles. The third kappa shape index (κ3) is 3.15. The Morgan fingerprint density at radius 2 is 1.56 bits per heavy atom. The van der Waals surface area contributed by atoms with Crippen molar-refractivity contribution >= 4 is 12.9 Å². The zero-order chi connectivity index (χ0) is 12.6. The molecule has 16 heavy (non-hydrogen) atoms. The fraction of sp³-hybridized carbons (Fsp3) is 0.667. The largest absolute Gasteiger partial charge is 0.494 e. The summed E-state index contributed by atoms with van der Waals surface area (Å²) in [7, 11) is 0. The lowest BCUT2D eigenvalue weighted by Gasteiger charge is -2.15. The summed E-state index contributed by atoms with van der Waals surface area (Å²) in [6.45, 7) is -1.68. The summed E-state index contributed by atoms with van der Waals surface area (Å²) in [5.41, 5.74) is -2.69. The van der Waals surface area contributed by atoms with E-state index in [0.29, 0.717) is 0 Å². The van der Waals surface area contributed by atoms with Gasteiger partial charge in [-0.1, -0.05) is 0 Å². The Balaban J connectivity index is 4.78. The maximum Gasteiger partial charge on any atom is 0.494 e. The van der Waals surface area contributed by atoms with Crippen LogP contribution in [0.3, 0.4) is 0 Å². The van der Waals surface area contributed by atoms with Gasteiger partial charge in [0.1, 0.15) is 22.9 Å². The molecule has 0 aliphatic heterocycles. The minimum absolute atomic E-state index is 0.00519. The van der Waals surface area contributed by atoms with Crippen LogP contribution in [-0.4, -0.2) is 41.7 Å². The predicted octanol–water partition coefficient (Wildman–Crippen LogP) is -1.03. The van der Waals surface area contributed by atoms with E-state index in [4.69, 9.17) is 0 Å². The molecule has 0 aromatic rings. The van der Waals surface area contributed by atoms with Crippen LogP contribution in [0.5, 0.6) is 0 Å². The van der Waals surface area contributed by atoms with E-state index in [2.05, 4.69) is 9.47 Å². The first-order chi connectivity index (χ1) is 7.51. The van der Waals surface area contributed by atoms with Crippen LogP contribution in [0.4, 0.5) is 0 Å². The van der Waals surface area contributed by atoms with Gasteiger partial charge in [0.15, 0.2) is 0 Å². The van der Waals surface area contributed by atoms with Gasteiger partial charge in [0.05, 0.1) is 0 Å². The molecule has 0 fully saturated rings. The fourth-order valence-corrected chi connectivity index (χ4v) is 0.865. The Morgan fingerprint density at radius 3 is 1.94 bits per heavy atom. The van der Waals surface area contributed by atoms with Crippen molar-refractivity contribution in [2.75, 3.05) is 13.2 Å². The molecule has 0 rings (SSSR count). The summed E-state index contributed by atoms with van der Waals surface area (Å²) >= 11 is 0. The van der Waals surface area contributed by atoms with Crippen LogP contribution in [0.15, 0.2) is 0 Å². The standard InChI is InChI=1S/C6H8N2O8/c9-4-15-2-1-6(7(11)12,8(13)14)3-16-5-10/h4-5H,1-3H2. The van der Waals surface area contributed by atoms with Gasteiger partial charge in [0.25, 0.3) is 12.9 Å². The highest BCUT2D eigenvalue weighted by molar-refractivity contribution is 5.37. The Morgan fingerprint density at radius 1 is 1.06 bits per heavy atom. The number of nitro groups is 2. The number of rotatable bonds is 9. The first kappa shape index (κ1) is 13.7. The number of hydrogen-bond acceptors (Lipinski definition) is 8. The third-order valence-electron chi connectivity index (χ3n) is 1.75. The maximum atomic E-state index is 10.6. The van der Waals surface area contributed by atoms with Gasteiger partial charge in [-0.25, -0.2) is 0 Å². The Kier molecular flexibility index (Phi) is 5.38. The molecule has 0 radical (unpaired) electrons. The van der Waals surface area contributed by atoms with E-state index in [1.807, 2.05) is 0 Å². The lowest BCUT2D eigenvalue weighted by Crippen LogP contribution is -2.51. The van der Waals surface area contributed by atoms with E-state index in [-0.39, 0.29) is 12.9 Å². The van der Waals surface area contributed by atoms with Gasteiger partial charge in [0, 0.05) is 0 Å². The third-order valence-corrected chi connectivity index (χ3v) is 1.75. The summed E-state index contributed by atoms with van der Waals surface area (Å²) in [6, 6.07) is 0. The molecule has 0 aliphatic carbocycles. The molecule has 0 saturated heterocycles. The van der Waals surface area contributed by atoms with Gasteiger partial charge >= 0.3 is 5.66 Å². The molecular formula is C6H8N2O8. The second kappa shape index (κ2) is 6.27. The van der Waals surface area contributed by atoms with Gasteiger partial charge in [-0.05, 0) is 0 Å². The zero-order valence-corrected chi connectivity index (χ0v) is 7.94. The molecule has 10 nitrogen and oxygen atoms in total. The van der Waals surface area contributed by atoms with Crippen LogP contribution in [0.25, 0.3) is 0 Å². The Labute approximate surface area is 88.4 Å². The molecule has 0 atom stereocenters. The van der Waals surface area contributed by atoms with Gasteiger partial charge in [0.2, 0.25) is 6.61 Å². The van der Waals surface area contributed by atoms with Crippen molar-refractivity contribution in [3.05, 3.63) is 20.2 Å². The molecule has 0 bridgehead atoms. The van der Waals surface area contributed by atoms with Crippen LogP contribution in [0, 0.1) is 20.2 Å². The average molecular weight is 236 g/mol. The minimum atomic E-state index is -2.69. The highest BCUT2D eigenvalue weighted by Crippen LogP contribution is 2.16. The topological polar surface area (TPSA) is 139 Å². The molecule has 0 aromatic heterocycles. The smallest absolute Gasteiger partial charge is 0.467 e. The summed E-state index contributed by atoms with van der Waals surface area (Å²) in [6.07, 6.45) is -0.695. The molecule has 0 aromatic carbocycles. The van der Waals surface area contributed by atoms with Crippen LogP contribution in [0.1, 0.15) is 6.42 Å². The van der Waals surface area contributed by atoms with Crippen molar-refractivity contribution in [3.63, 3.8) is 0 Å². The van der Waals surface area contributed by atoms with Crippen molar-refractivity contribution in [2.45, 2.75) is 12.1 Å². The van der Waals surface area contributed by atoms with E-state index < -0.39 is 35.1 Å². The first-order valence-electron chi connectivity index (χ1n) is 3.90. The van der Waals surface area contributed by atoms with E-state index in [1.54, 1.807) is 0 Å². The summed E-state index contributed by atoms with van der Waals surface area (Å²) in [5.74, 6) is 0. The fourth-order valence-electron chi connectivity index (χ4n) is 0.865. The lowest BCUT2D eigenvalue weighted by molar-refractivity contribution is -0.799. The molecule has 0 heterocycles. The van der Waals surface area contributed by atoms with Crippen LogP contribution < -0.4 is 0 Å². The Hall–Kier alpha value is -2.26. The zero-order valence-electron chi connectivity index (χ0n) is 7.94. The molecule has 0 spiro atoms. The van der Waals surface area contributed by atoms with Crippen LogP contribution in [0.2, 0.25) is 0 Å². The second-order valence-electron chi connectivity index (χ2n) is 2.62. The van der Waals surface area contributed by atoms with Gasteiger partial charge in [-0.15, -0.1) is 0 Å². The molecule has 0 unspecified atom stereocenters. The number of nitrogens with zero attached hydrogens (tertiary/aromatic N) is 2. The quantitative estimate of drug-likeness (QED) is 0.163. The van der Waals surface area contributed by atoms with Crippen molar-refractivity contribution in [3.8, 4) is 0 Å². The lowest BCUT2D eigenvalue weighted by atomic mass is 10.1. The molecule has 0 aliphatic rings. The van der Waals surface area contributed by atoms with Gasteiger partial charge in [-0.3, -0.25) is 29.8 Å². The SMILES string of the molecule is O=COCCC(COC=O)([N+](=O)[O-])[N+](=O)[O-]. The summed E-state index contributed by atoms with van der Waals surface area (Å²) in [5, 5.41) is 21.2. The van der Waals surface area contributed by atoms with E-state index in [9.17, 15) is 29.8 Å². The normalized spacial score (nSPS) is 10.2. The molecular weight excluding hydrogens is 228 g/mol. The minimum Gasteiger partial charge on any atom is -0.467 e. The summed E-state index contributed by atoms with van der Waals surface area (Å²) in [4.78, 5) is 38.5. The van der Waals surface area contributed by atoms with Crippen LogP contribution >= 0.6 is 0 Å². The van der Waals surface area contributed by atoms with E-state index >= 15 is 0 Å². The van der Waals surface area contributed by atoms with Crippen molar-refractivity contribution in [1.29, 1.82) is 0 Å². The van der Waals surface area contributed by atoms with Crippen molar-refractivity contribution in [1.82, 2.24) is 0 Å². The number of ether oxygens (including phenoxy) is 2. The first-order valence-corrected chi connectivity index (χ1v) is 3.90. The molecule has 0 amide bonds. The second-order valence-corrected chi connectivity index (χ2v) is 2.62.